The Kier molecular flexibility index (Phi) is 2.29. The van der Waals surface area contributed by atoms with Crippen LogP contribution in [0.5, 0.6) is 0 Å². The van der Waals surface area contributed by atoms with Crippen molar-refractivity contribution in [1.82, 2.24) is 0 Å². The lowest BCUT2D eigenvalue weighted by molar-refractivity contribution is -0.304. The molecular weight excluding hydrogens is 214 g/mol. The van der Waals surface area contributed by atoms with Crippen LogP contribution in [-0.2, 0) is 4.74 Å². The van der Waals surface area contributed by atoms with Crippen molar-refractivity contribution in [2.75, 3.05) is 0 Å². The van der Waals surface area contributed by atoms with Crippen LogP contribution in [0.1, 0.15) is 0 Å². The molecule has 0 fully saturated rings. The molecule has 0 aromatic heterocycles. The van der Waals surface area contributed by atoms with Crippen molar-refractivity contribution in [2.24, 2.45) is 5.41 Å². The Hall–Kier alpha value is -1.14. The molecule has 1 heterocycles. The molecule has 1 aliphatic rings. The Balaban J connectivity index is 3.23. The largest absolute Gasteiger partial charge is 0.473 e. The lowest BCUT2D eigenvalue weighted by atomic mass is 9.86. The van der Waals surface area contributed by atoms with Gasteiger partial charge in [-0.25, -0.2) is 0 Å². The maximum atomic E-state index is 12.2. The Labute approximate surface area is 74.7 Å². The smallest absolute Gasteiger partial charge is 0.410 e. The van der Waals surface area contributed by atoms with Crippen LogP contribution < -0.4 is 0 Å². The third-order valence-corrected chi connectivity index (χ3v) is 1.76. The highest BCUT2D eigenvalue weighted by molar-refractivity contribution is 5.19. The van der Waals surface area contributed by atoms with Gasteiger partial charge < -0.3 is 4.74 Å². The Morgan fingerprint density at radius 3 is 1.36 bits per heavy atom. The minimum absolute atomic E-state index is 0.0625. The molecule has 0 aliphatic carbocycles. The van der Waals surface area contributed by atoms with E-state index in [1.165, 1.54) is 0 Å². The van der Waals surface area contributed by atoms with Crippen LogP contribution in [0, 0.1) is 5.41 Å². The van der Waals surface area contributed by atoms with Gasteiger partial charge in [0.1, 0.15) is 0 Å². The maximum absolute atomic E-state index is 12.2. The number of allylic oxidation sites excluding steroid dienone is 2. The van der Waals surface area contributed by atoms with Crippen LogP contribution in [0.25, 0.3) is 0 Å². The number of hydrogen-bond acceptors (Lipinski definition) is 1. The highest BCUT2D eigenvalue weighted by atomic mass is 19.4. The summed E-state index contributed by atoms with van der Waals surface area (Å²) in [6.07, 6.45) is -10.3. The second-order valence-electron chi connectivity index (χ2n) is 2.61. The SMILES string of the molecule is FC(F)(F)C1(C(F)(F)F)C=COC=C1. The fraction of sp³-hybridized carbons (Fsp3) is 0.429. The molecule has 0 N–H and O–H groups in total. The molecule has 1 rings (SSSR count). The molecule has 0 bridgehead atoms. The van der Waals surface area contributed by atoms with Crippen molar-refractivity contribution in [1.29, 1.82) is 0 Å². The number of hydrogen-bond donors (Lipinski definition) is 0. The molecule has 0 aromatic rings. The summed E-state index contributed by atoms with van der Waals surface area (Å²) in [6, 6.07) is 0. The number of alkyl halides is 6. The van der Waals surface area contributed by atoms with E-state index in [-0.39, 0.29) is 12.2 Å². The molecule has 0 saturated heterocycles. The van der Waals surface area contributed by atoms with Crippen LogP contribution in [0.2, 0.25) is 0 Å². The second-order valence-corrected chi connectivity index (χ2v) is 2.61. The van der Waals surface area contributed by atoms with E-state index in [2.05, 4.69) is 4.74 Å². The molecule has 1 aliphatic heterocycles. The zero-order chi connectivity index (χ0) is 11.0. The Morgan fingerprint density at radius 2 is 1.14 bits per heavy atom. The molecule has 0 amide bonds. The molecule has 14 heavy (non-hydrogen) atoms. The van der Waals surface area contributed by atoms with Crippen molar-refractivity contribution in [2.45, 2.75) is 12.4 Å². The summed E-state index contributed by atoms with van der Waals surface area (Å²) in [6.45, 7) is 0. The minimum atomic E-state index is -5.43. The Morgan fingerprint density at radius 1 is 0.786 bits per heavy atom. The normalized spacial score (nSPS) is 20.7. The molecule has 80 valence electrons. The average molecular weight is 218 g/mol. The van der Waals surface area contributed by atoms with Crippen LogP contribution in [-0.4, -0.2) is 12.4 Å². The summed E-state index contributed by atoms with van der Waals surface area (Å²) in [7, 11) is 0. The first-order valence-corrected chi connectivity index (χ1v) is 3.35. The van der Waals surface area contributed by atoms with Crippen molar-refractivity contribution in [3.05, 3.63) is 24.7 Å². The van der Waals surface area contributed by atoms with Gasteiger partial charge in [0.25, 0.3) is 0 Å². The van der Waals surface area contributed by atoms with Crippen molar-refractivity contribution >= 4 is 0 Å². The zero-order valence-corrected chi connectivity index (χ0v) is 6.49. The van der Waals surface area contributed by atoms with Gasteiger partial charge in [0.05, 0.1) is 12.5 Å². The molecular formula is C7H4F6O. The van der Waals surface area contributed by atoms with E-state index < -0.39 is 17.8 Å². The van der Waals surface area contributed by atoms with Gasteiger partial charge in [0, 0.05) is 0 Å². The molecule has 0 unspecified atom stereocenters. The van der Waals surface area contributed by atoms with E-state index in [9.17, 15) is 26.3 Å². The van der Waals surface area contributed by atoms with Gasteiger partial charge in [-0.05, 0) is 12.2 Å². The van der Waals surface area contributed by atoms with Crippen LogP contribution in [0.3, 0.4) is 0 Å². The van der Waals surface area contributed by atoms with Gasteiger partial charge in [0.15, 0.2) is 0 Å². The third kappa shape index (κ3) is 1.46. The summed E-state index contributed by atoms with van der Waals surface area (Å²) >= 11 is 0. The van der Waals surface area contributed by atoms with Gasteiger partial charge in [0.2, 0.25) is 5.41 Å². The van der Waals surface area contributed by atoms with Crippen molar-refractivity contribution in [3.63, 3.8) is 0 Å². The van der Waals surface area contributed by atoms with E-state index in [0.29, 0.717) is 12.5 Å². The fourth-order valence-electron chi connectivity index (χ4n) is 0.933. The quantitative estimate of drug-likeness (QED) is 0.567. The van der Waals surface area contributed by atoms with Crippen molar-refractivity contribution < 1.29 is 31.1 Å². The monoisotopic (exact) mass is 218 g/mol. The van der Waals surface area contributed by atoms with Gasteiger partial charge in [-0.15, -0.1) is 0 Å². The van der Waals surface area contributed by atoms with E-state index in [0.717, 1.165) is 0 Å². The topological polar surface area (TPSA) is 9.23 Å². The first kappa shape index (κ1) is 10.9. The van der Waals surface area contributed by atoms with Crippen molar-refractivity contribution in [3.8, 4) is 0 Å². The highest BCUT2D eigenvalue weighted by Gasteiger charge is 2.68. The zero-order valence-electron chi connectivity index (χ0n) is 6.49. The van der Waals surface area contributed by atoms with E-state index >= 15 is 0 Å². The minimum Gasteiger partial charge on any atom is -0.473 e. The molecule has 1 nitrogen and oxygen atoms in total. The van der Waals surface area contributed by atoms with Gasteiger partial charge in [-0.1, -0.05) is 0 Å². The van der Waals surface area contributed by atoms with E-state index in [4.69, 9.17) is 0 Å². The Bertz CT molecular complexity index is 243. The first-order valence-electron chi connectivity index (χ1n) is 3.35. The van der Waals surface area contributed by atoms with E-state index in [1.54, 1.807) is 0 Å². The number of rotatable bonds is 0. The van der Waals surface area contributed by atoms with Gasteiger partial charge in [-0.3, -0.25) is 0 Å². The third-order valence-electron chi connectivity index (χ3n) is 1.76. The summed E-state index contributed by atoms with van der Waals surface area (Å²) < 4.78 is 77.4. The molecule has 0 spiro atoms. The number of halogens is 6. The van der Waals surface area contributed by atoms with E-state index in [1.807, 2.05) is 0 Å². The predicted molar refractivity (Wildman–Crippen MR) is 33.9 cm³/mol. The average Bonchev–Trinajstić information content (AvgIpc) is 2.02. The fourth-order valence-corrected chi connectivity index (χ4v) is 0.933. The highest BCUT2D eigenvalue weighted by Crippen LogP contribution is 2.53. The first-order chi connectivity index (χ1) is 6.21. The van der Waals surface area contributed by atoms with Gasteiger partial charge in [-0.2, -0.15) is 26.3 Å². The second kappa shape index (κ2) is 2.93. The standard InChI is InChI=1S/C7H4F6O/c8-6(9,10)5(7(11,12)13)1-3-14-4-2-5/h1-4H. The summed E-state index contributed by atoms with van der Waals surface area (Å²) in [5.41, 5.74) is -3.93. The molecule has 0 saturated carbocycles. The van der Waals surface area contributed by atoms with Crippen LogP contribution >= 0.6 is 0 Å². The summed E-state index contributed by atoms with van der Waals surface area (Å²) in [5.74, 6) is 0. The lowest BCUT2D eigenvalue weighted by Crippen LogP contribution is -2.47. The molecule has 0 radical (unpaired) electrons. The summed E-state index contributed by atoms with van der Waals surface area (Å²) in [5, 5.41) is 0. The van der Waals surface area contributed by atoms with Crippen LogP contribution in [0.4, 0.5) is 26.3 Å². The molecule has 7 heteroatoms. The predicted octanol–water partition coefficient (Wildman–Crippen LogP) is 3.16. The summed E-state index contributed by atoms with van der Waals surface area (Å²) in [4.78, 5) is 0. The maximum Gasteiger partial charge on any atom is 0.410 e. The number of ether oxygens (including phenoxy) is 1. The molecule has 0 aromatic carbocycles. The van der Waals surface area contributed by atoms with Crippen LogP contribution in [0.15, 0.2) is 24.7 Å². The molecule has 0 atom stereocenters. The van der Waals surface area contributed by atoms with Gasteiger partial charge >= 0.3 is 12.4 Å². The lowest BCUT2D eigenvalue weighted by Gasteiger charge is -2.32.